The smallest absolute Gasteiger partial charge is 0.244 e. The molecule has 0 heterocycles. The molecule has 0 bridgehead atoms. The van der Waals surface area contributed by atoms with Crippen LogP contribution in [-0.4, -0.2) is 50.5 Å². The van der Waals surface area contributed by atoms with Crippen molar-refractivity contribution in [3.05, 3.63) is 62.1 Å². The van der Waals surface area contributed by atoms with E-state index in [1.807, 2.05) is 6.92 Å². The van der Waals surface area contributed by atoms with Gasteiger partial charge in [-0.25, -0.2) is 8.42 Å². The zero-order chi connectivity index (χ0) is 27.0. The van der Waals surface area contributed by atoms with Crippen LogP contribution in [0.3, 0.4) is 0 Å². The molecule has 0 aromatic heterocycles. The third kappa shape index (κ3) is 8.42. The van der Waals surface area contributed by atoms with E-state index in [0.29, 0.717) is 28.6 Å². The maximum absolute atomic E-state index is 13.7. The minimum absolute atomic E-state index is 0.0203. The minimum atomic E-state index is -3.89. The minimum Gasteiger partial charge on any atom is -0.354 e. The summed E-state index contributed by atoms with van der Waals surface area (Å²) in [6.07, 6.45) is 2.98. The van der Waals surface area contributed by atoms with E-state index in [0.717, 1.165) is 23.4 Å². The SMILES string of the molecule is CCCCNC(=O)[C@H](CC)N(Cc1ccc(Cl)cc1Cl)C(=O)CN(c1ccc(Cl)c(Cl)c1)S(C)(=O)=O. The molecule has 0 spiro atoms. The fraction of sp³-hybridized carbons (Fsp3) is 0.417. The summed E-state index contributed by atoms with van der Waals surface area (Å²) >= 11 is 24.4. The van der Waals surface area contributed by atoms with E-state index in [1.54, 1.807) is 25.1 Å². The maximum Gasteiger partial charge on any atom is 0.244 e. The van der Waals surface area contributed by atoms with E-state index in [-0.39, 0.29) is 28.2 Å². The van der Waals surface area contributed by atoms with Crippen LogP contribution in [-0.2, 0) is 26.2 Å². The molecule has 0 aliphatic rings. The first-order chi connectivity index (χ1) is 16.9. The van der Waals surface area contributed by atoms with Crippen molar-refractivity contribution in [1.29, 1.82) is 0 Å². The molecule has 0 saturated carbocycles. The summed E-state index contributed by atoms with van der Waals surface area (Å²) in [6.45, 7) is 3.67. The lowest BCUT2D eigenvalue weighted by molar-refractivity contribution is -0.140. The van der Waals surface area contributed by atoms with Crippen LogP contribution in [0.5, 0.6) is 0 Å². The molecular formula is C24H29Cl4N3O4S. The second-order valence-electron chi connectivity index (χ2n) is 8.19. The summed E-state index contributed by atoms with van der Waals surface area (Å²) in [7, 11) is -3.89. The van der Waals surface area contributed by atoms with Crippen molar-refractivity contribution in [2.45, 2.75) is 45.7 Å². The van der Waals surface area contributed by atoms with E-state index < -0.39 is 28.5 Å². The number of nitrogens with one attached hydrogen (secondary N) is 1. The van der Waals surface area contributed by atoms with E-state index in [1.165, 1.54) is 23.1 Å². The van der Waals surface area contributed by atoms with Crippen LogP contribution >= 0.6 is 46.4 Å². The molecule has 2 aromatic carbocycles. The highest BCUT2D eigenvalue weighted by atomic mass is 35.5. The van der Waals surface area contributed by atoms with Gasteiger partial charge in [-0.3, -0.25) is 13.9 Å². The first-order valence-electron chi connectivity index (χ1n) is 11.3. The van der Waals surface area contributed by atoms with Crippen molar-refractivity contribution in [3.8, 4) is 0 Å². The van der Waals surface area contributed by atoms with E-state index >= 15 is 0 Å². The molecule has 2 amide bonds. The molecule has 0 radical (unpaired) electrons. The summed E-state index contributed by atoms with van der Waals surface area (Å²) in [6, 6.07) is 8.26. The molecular weight excluding hydrogens is 568 g/mol. The molecule has 0 fully saturated rings. The number of unbranched alkanes of at least 4 members (excludes halogenated alkanes) is 1. The van der Waals surface area contributed by atoms with Gasteiger partial charge in [0.15, 0.2) is 0 Å². The van der Waals surface area contributed by atoms with Gasteiger partial charge in [-0.15, -0.1) is 0 Å². The average Bonchev–Trinajstić information content (AvgIpc) is 2.80. The maximum atomic E-state index is 13.7. The van der Waals surface area contributed by atoms with Gasteiger partial charge in [0, 0.05) is 23.1 Å². The Kier molecular flexibility index (Phi) is 11.6. The van der Waals surface area contributed by atoms with Crippen LogP contribution in [0.4, 0.5) is 5.69 Å². The van der Waals surface area contributed by atoms with Crippen molar-refractivity contribution >= 4 is 73.9 Å². The first kappa shape index (κ1) is 30.5. The molecule has 2 aromatic rings. The van der Waals surface area contributed by atoms with Crippen LogP contribution in [0.2, 0.25) is 20.1 Å². The van der Waals surface area contributed by atoms with E-state index in [2.05, 4.69) is 5.32 Å². The summed E-state index contributed by atoms with van der Waals surface area (Å²) in [5, 5.41) is 3.99. The predicted octanol–water partition coefficient (Wildman–Crippen LogP) is 5.79. The van der Waals surface area contributed by atoms with Crippen LogP contribution < -0.4 is 9.62 Å². The summed E-state index contributed by atoms with van der Waals surface area (Å²) < 4.78 is 26.2. The highest BCUT2D eigenvalue weighted by Gasteiger charge is 2.32. The zero-order valence-electron chi connectivity index (χ0n) is 20.2. The highest BCUT2D eigenvalue weighted by molar-refractivity contribution is 7.92. The normalized spacial score (nSPS) is 12.2. The molecule has 0 unspecified atom stereocenters. The standard InChI is InChI=1S/C24H29Cl4N3O4S/c1-4-6-11-29-24(33)22(5-2)30(14-16-7-8-17(25)12-20(16)27)23(32)15-31(36(3,34)35)18-9-10-19(26)21(28)13-18/h7-10,12-13,22H,4-6,11,14-15H2,1-3H3,(H,29,33)/t22-/m0/s1. The number of carbonyl (C=O) groups is 2. The molecule has 0 saturated heterocycles. The quantitative estimate of drug-likeness (QED) is 0.314. The van der Waals surface area contributed by atoms with E-state index in [9.17, 15) is 18.0 Å². The van der Waals surface area contributed by atoms with Gasteiger partial charge in [-0.1, -0.05) is 72.7 Å². The molecule has 198 valence electrons. The number of halogens is 4. The lowest BCUT2D eigenvalue weighted by Gasteiger charge is -2.33. The fourth-order valence-electron chi connectivity index (χ4n) is 3.51. The van der Waals surface area contributed by atoms with Crippen molar-refractivity contribution in [2.75, 3.05) is 23.7 Å². The van der Waals surface area contributed by atoms with Gasteiger partial charge < -0.3 is 10.2 Å². The summed E-state index contributed by atoms with van der Waals surface area (Å²) in [5.74, 6) is -0.917. The number of carbonyl (C=O) groups excluding carboxylic acids is 2. The number of amides is 2. The van der Waals surface area contributed by atoms with Crippen molar-refractivity contribution < 1.29 is 18.0 Å². The molecule has 2 rings (SSSR count). The second kappa shape index (κ2) is 13.7. The number of anilines is 1. The monoisotopic (exact) mass is 595 g/mol. The van der Waals surface area contributed by atoms with Gasteiger partial charge in [0.2, 0.25) is 21.8 Å². The fourth-order valence-corrected chi connectivity index (χ4v) is 5.12. The average molecular weight is 597 g/mol. The Labute approximate surface area is 232 Å². The molecule has 1 N–H and O–H groups in total. The van der Waals surface area contributed by atoms with Crippen LogP contribution in [0.25, 0.3) is 0 Å². The number of nitrogens with zero attached hydrogens (tertiary/aromatic N) is 2. The Balaban J connectivity index is 2.46. The number of benzene rings is 2. The van der Waals surface area contributed by atoms with Crippen LogP contribution in [0.15, 0.2) is 36.4 Å². The molecule has 0 aliphatic heterocycles. The summed E-state index contributed by atoms with van der Waals surface area (Å²) in [5.41, 5.74) is 0.736. The van der Waals surface area contributed by atoms with Crippen LogP contribution in [0, 0.1) is 0 Å². The Morgan fingerprint density at radius 1 is 0.972 bits per heavy atom. The van der Waals surface area contributed by atoms with Gasteiger partial charge >= 0.3 is 0 Å². The highest BCUT2D eigenvalue weighted by Crippen LogP contribution is 2.29. The van der Waals surface area contributed by atoms with Gasteiger partial charge in [0.25, 0.3) is 0 Å². The largest absolute Gasteiger partial charge is 0.354 e. The van der Waals surface area contributed by atoms with Crippen LogP contribution in [0.1, 0.15) is 38.7 Å². The lowest BCUT2D eigenvalue weighted by Crippen LogP contribution is -2.52. The topological polar surface area (TPSA) is 86.8 Å². The van der Waals surface area contributed by atoms with Gasteiger partial charge in [0.05, 0.1) is 22.0 Å². The molecule has 1 atom stereocenters. The predicted molar refractivity (Wildman–Crippen MR) is 148 cm³/mol. The van der Waals surface area contributed by atoms with Gasteiger partial charge in [-0.05, 0) is 48.7 Å². The van der Waals surface area contributed by atoms with Gasteiger partial charge in [-0.2, -0.15) is 0 Å². The number of sulfonamides is 1. The first-order valence-corrected chi connectivity index (χ1v) is 14.7. The summed E-state index contributed by atoms with van der Waals surface area (Å²) in [4.78, 5) is 28.0. The Morgan fingerprint density at radius 2 is 1.67 bits per heavy atom. The second-order valence-corrected chi connectivity index (χ2v) is 11.8. The van der Waals surface area contributed by atoms with Crippen molar-refractivity contribution in [3.63, 3.8) is 0 Å². The molecule has 7 nitrogen and oxygen atoms in total. The number of hydrogen-bond donors (Lipinski definition) is 1. The third-order valence-corrected chi connectivity index (χ3v) is 7.91. The number of rotatable bonds is 12. The molecule has 12 heteroatoms. The van der Waals surface area contributed by atoms with Crippen molar-refractivity contribution in [1.82, 2.24) is 10.2 Å². The third-order valence-electron chi connectivity index (χ3n) is 5.44. The molecule has 0 aliphatic carbocycles. The Hall–Kier alpha value is -1.71. The number of hydrogen-bond acceptors (Lipinski definition) is 4. The Morgan fingerprint density at radius 3 is 2.22 bits per heavy atom. The van der Waals surface area contributed by atoms with Crippen molar-refractivity contribution in [2.24, 2.45) is 0 Å². The Bertz CT molecular complexity index is 1190. The van der Waals surface area contributed by atoms with Gasteiger partial charge in [0.1, 0.15) is 12.6 Å². The zero-order valence-corrected chi connectivity index (χ0v) is 24.1. The molecule has 36 heavy (non-hydrogen) atoms. The van der Waals surface area contributed by atoms with E-state index in [4.69, 9.17) is 46.4 Å². The lowest BCUT2D eigenvalue weighted by atomic mass is 10.1.